The van der Waals surface area contributed by atoms with Gasteiger partial charge in [0.05, 0.1) is 98.3 Å². The summed E-state index contributed by atoms with van der Waals surface area (Å²) >= 11 is 7.12. The summed E-state index contributed by atoms with van der Waals surface area (Å²) in [7, 11) is 0. The zero-order valence-corrected chi connectivity index (χ0v) is 85.9. The Balaban J connectivity index is 0.000000108. The number of fused-ring (bicyclic) bond motifs is 18. The van der Waals surface area contributed by atoms with Gasteiger partial charge in [-0.25, -0.2) is 0 Å². The van der Waals surface area contributed by atoms with Crippen LogP contribution >= 0.6 is 31.9 Å². The Morgan fingerprint density at radius 1 is 0.298 bits per heavy atom. The van der Waals surface area contributed by atoms with Crippen LogP contribution in [0.15, 0.2) is 282 Å². The van der Waals surface area contributed by atoms with Gasteiger partial charge in [0, 0.05) is 138 Å². The fourth-order valence-corrected chi connectivity index (χ4v) is 24.7. The summed E-state index contributed by atoms with van der Waals surface area (Å²) in [6, 6.07) is 95.6. The Morgan fingerprint density at radius 3 is 0.901 bits per heavy atom. The minimum atomic E-state index is -0.0584. The number of aryl methyl sites for hydroxylation is 1. The molecule has 6 fully saturated rings. The molecule has 0 aliphatic carbocycles. The highest BCUT2D eigenvalue weighted by molar-refractivity contribution is 9.10. The van der Waals surface area contributed by atoms with E-state index < -0.39 is 0 Å². The van der Waals surface area contributed by atoms with Gasteiger partial charge in [-0.15, -0.1) is 0 Å². The number of hydrogen-bond donors (Lipinski definition) is 11. The van der Waals surface area contributed by atoms with Crippen LogP contribution in [0.2, 0.25) is 0 Å². The van der Waals surface area contributed by atoms with Crippen molar-refractivity contribution in [3.63, 3.8) is 0 Å². The highest BCUT2D eigenvalue weighted by Crippen LogP contribution is 2.58. The second kappa shape index (κ2) is 44.0. The van der Waals surface area contributed by atoms with E-state index in [0.29, 0.717) is 64.7 Å². The maximum Gasteiger partial charge on any atom is 0.115 e. The number of halogens is 2. The molecule has 24 rings (SSSR count). The van der Waals surface area contributed by atoms with Gasteiger partial charge in [0.15, 0.2) is 0 Å². The largest absolute Gasteiger partial charge is 0.508 e. The van der Waals surface area contributed by atoms with Crippen molar-refractivity contribution in [1.29, 1.82) is 0 Å². The molecule has 12 heterocycles. The van der Waals surface area contributed by atoms with Crippen molar-refractivity contribution in [2.24, 2.45) is 35.5 Å². The van der Waals surface area contributed by atoms with Crippen molar-refractivity contribution in [3.8, 4) is 17.2 Å². The lowest BCUT2D eigenvalue weighted by Crippen LogP contribution is -2.40. The number of nitrogens with one attached hydrogen (secondary N) is 6. The smallest absolute Gasteiger partial charge is 0.115 e. The number of rotatable bonds is 9. The van der Waals surface area contributed by atoms with E-state index in [-0.39, 0.29) is 103 Å². The van der Waals surface area contributed by atoms with Gasteiger partial charge in [-0.1, -0.05) is 269 Å². The summed E-state index contributed by atoms with van der Waals surface area (Å²) < 4.78 is 39.6. The van der Waals surface area contributed by atoms with Crippen LogP contribution in [0.5, 0.6) is 17.2 Å². The molecule has 12 aromatic rings. The normalized spacial score (nSPS) is 27.1. The van der Waals surface area contributed by atoms with E-state index in [9.17, 15) is 25.5 Å². The zero-order chi connectivity index (χ0) is 97.7. The third kappa shape index (κ3) is 22.3. The molecule has 11 unspecified atom stereocenters. The molecule has 0 bridgehead atoms. The van der Waals surface area contributed by atoms with Crippen molar-refractivity contribution in [2.45, 2.75) is 241 Å². The van der Waals surface area contributed by atoms with Crippen LogP contribution < -0.4 is 31.9 Å². The summed E-state index contributed by atoms with van der Waals surface area (Å²) in [6.07, 6.45) is 13.6. The topological polar surface area (TPSA) is 229 Å². The van der Waals surface area contributed by atoms with Crippen molar-refractivity contribution in [2.75, 3.05) is 71.5 Å². The molecule has 11 N–H and O–H groups in total. The fourth-order valence-electron chi connectivity index (χ4n) is 24.0. The van der Waals surface area contributed by atoms with Crippen LogP contribution in [0, 0.1) is 42.4 Å². The number of phenols is 3. The minimum absolute atomic E-state index is 0.0321. The Morgan fingerprint density at radius 2 is 0.582 bits per heavy atom. The van der Waals surface area contributed by atoms with E-state index in [1.54, 1.807) is 18.2 Å². The molecule has 17 nitrogen and oxygen atoms in total. The first kappa shape index (κ1) is 99.2. The lowest BCUT2D eigenvalue weighted by Gasteiger charge is -2.45. The molecule has 12 aliphatic rings. The minimum Gasteiger partial charge on any atom is -0.508 e. The van der Waals surface area contributed by atoms with Crippen LogP contribution in [0.1, 0.15) is 300 Å². The monoisotopic (exact) mass is 2020 g/mol. The SMILES string of the molecule is CC(C)(C)c1ccc2c(c1)C1OC(CO)CCC1C(c1ccccc1)N2.CC(C)(C)c1ccc2c(c1)[C@H]1OC(CO)CC[C@H]1[C@H](c1ccccc1)N2.CC(C)c1ccc2c(c1)C1OCCCC1C(c1ccccc1)N2.Cc1ccc2c(c1)[C@H]1OCCC[C@H]1[C@H](c1cccc(O)c1)N2.Oc1cccc(C2Nc3ccc(Br)cc3C3OCCCC23)c1.Oc1cccc([C@@H]2Nc3ccc(Br)cc3[C@H]3OCCC[C@H]32)c1. The Bertz CT molecular complexity index is 5840. The number of hydrogen-bond acceptors (Lipinski definition) is 17. The number of benzene rings is 12. The maximum absolute atomic E-state index is 9.81. The van der Waals surface area contributed by atoms with E-state index in [1.165, 1.54) is 84.4 Å². The summed E-state index contributed by atoms with van der Waals surface area (Å²) in [5.41, 5.74) is 27.4. The Labute approximate surface area is 850 Å². The third-order valence-electron chi connectivity index (χ3n) is 31.2. The number of aromatic hydroxyl groups is 3. The number of aliphatic hydroxyl groups is 2. The quantitative estimate of drug-likeness (QED) is 0.0646. The van der Waals surface area contributed by atoms with Crippen LogP contribution in [-0.4, -0.2) is 77.4 Å². The average Bonchev–Trinajstić information content (AvgIpc) is 0.751. The molecule has 0 amide bonds. The van der Waals surface area contributed by atoms with Crippen LogP contribution in [0.4, 0.5) is 34.1 Å². The molecule has 0 radical (unpaired) electrons. The molecule has 20 atom stereocenters. The van der Waals surface area contributed by atoms with Gasteiger partial charge in [0.25, 0.3) is 0 Å². The summed E-state index contributed by atoms with van der Waals surface area (Å²) in [6.45, 7) is 23.6. The van der Waals surface area contributed by atoms with Crippen LogP contribution in [-0.2, 0) is 39.3 Å². The van der Waals surface area contributed by atoms with Gasteiger partial charge in [0.1, 0.15) is 17.2 Å². The van der Waals surface area contributed by atoms with Crippen molar-refractivity contribution in [1.82, 2.24) is 0 Å². The second-order valence-electron chi connectivity index (χ2n) is 43.0. The second-order valence-corrected chi connectivity index (χ2v) is 44.8. The molecule has 19 heteroatoms. The lowest BCUT2D eigenvalue weighted by atomic mass is 9.75. The van der Waals surface area contributed by atoms with Gasteiger partial charge in [0.2, 0.25) is 0 Å². The molecular weight excluding hydrogens is 1890 g/mol. The van der Waals surface area contributed by atoms with Gasteiger partial charge < -0.3 is 85.9 Å². The fraction of sp³-hybridized carbons (Fsp3) is 0.410. The summed E-state index contributed by atoms with van der Waals surface area (Å²) in [4.78, 5) is 0. The van der Waals surface area contributed by atoms with E-state index in [1.807, 2.05) is 36.4 Å². The first-order valence-electron chi connectivity index (χ1n) is 51.6. The summed E-state index contributed by atoms with van der Waals surface area (Å²) in [5.74, 6) is 3.95. The number of anilines is 6. The molecule has 738 valence electrons. The molecule has 6 saturated heterocycles. The summed E-state index contributed by atoms with van der Waals surface area (Å²) in [5, 5.41) is 71.1. The molecule has 12 aliphatic heterocycles. The van der Waals surface area contributed by atoms with Gasteiger partial charge in [-0.2, -0.15) is 0 Å². The first-order valence-corrected chi connectivity index (χ1v) is 53.2. The maximum atomic E-state index is 9.81. The lowest BCUT2D eigenvalue weighted by molar-refractivity contribution is -0.110. The average molecular weight is 2030 g/mol. The molecule has 0 saturated carbocycles. The first-order chi connectivity index (χ1) is 68.3. The highest BCUT2D eigenvalue weighted by atomic mass is 79.9. The molecular formula is C122H140Br2N6O11. The molecule has 0 aromatic heterocycles. The van der Waals surface area contributed by atoms with Gasteiger partial charge in [-0.05, 0) is 248 Å². The van der Waals surface area contributed by atoms with Gasteiger partial charge >= 0.3 is 0 Å². The number of aliphatic hydroxyl groups excluding tert-OH is 2. The highest BCUT2D eigenvalue weighted by Gasteiger charge is 2.48. The predicted molar refractivity (Wildman–Crippen MR) is 573 cm³/mol. The predicted octanol–water partition coefficient (Wildman–Crippen LogP) is 29.3. The molecule has 0 spiro atoms. The van der Waals surface area contributed by atoms with E-state index in [0.717, 1.165) is 151 Å². The van der Waals surface area contributed by atoms with Crippen molar-refractivity contribution < 1.29 is 54.0 Å². The Hall–Kier alpha value is -10.5. The zero-order valence-electron chi connectivity index (χ0n) is 82.8. The van der Waals surface area contributed by atoms with Crippen LogP contribution in [0.25, 0.3) is 0 Å². The number of phenolic OH excluding ortho intramolecular Hbond substituents is 3. The van der Waals surface area contributed by atoms with E-state index >= 15 is 0 Å². The standard InChI is InChI=1S/2C23H29NO2.C21H25NO.C19H21NO2.2C18H18BrNO2/c2*1-23(2,3)16-9-12-20-19(13-16)22-18(11-10-17(14-25)26-22)21(24-20)15-7-5-4-6-8-15;1-14(2)16-10-11-19-18(13-16)21-17(9-6-12-23-21)20(22-19)15-7-4-3-5-8-15;1-12-7-8-17-16(10-12)19-15(6-3-9-22-19)18(20-17)13-4-2-5-14(21)11-13;2*19-12-6-7-16-15(10-12)18-14(5-2-8-22-18)17(20-16)11-3-1-4-13(21)9-11/h2*4-9,12-13,17-18,21-22,24-25H,10-11,14H2,1-3H3;3-5,7-8,10-11,13-14,17,20-22H,6,9,12H2,1-2H3;2,4-5,7-8,10-11,15,18-21H,3,6,9H2,1H3;2*1,3-4,6-7,9-10,14,17-18,20-21H,2,5,8H2/t17?,18-,21-,22-;;;15-,18-,19-;14-,17-,18-;/m0..00./s1. The Kier molecular flexibility index (Phi) is 30.9. The molecule has 12 aromatic carbocycles. The molecule has 141 heavy (non-hydrogen) atoms. The van der Waals surface area contributed by atoms with Crippen LogP contribution in [0.3, 0.4) is 0 Å². The van der Waals surface area contributed by atoms with E-state index in [4.69, 9.17) is 28.4 Å². The van der Waals surface area contributed by atoms with Gasteiger partial charge in [-0.3, -0.25) is 0 Å². The number of ether oxygens (including phenoxy) is 6. The third-order valence-corrected chi connectivity index (χ3v) is 32.2. The van der Waals surface area contributed by atoms with Crippen molar-refractivity contribution in [3.05, 3.63) is 371 Å². The van der Waals surface area contributed by atoms with E-state index in [2.05, 4.69) is 344 Å². The van der Waals surface area contributed by atoms with Crippen molar-refractivity contribution >= 4 is 66.0 Å².